The van der Waals surface area contributed by atoms with Gasteiger partial charge in [0.25, 0.3) is 11.2 Å². The monoisotopic (exact) mass is 275 g/mol. The Balaban J connectivity index is 2.37. The summed E-state index contributed by atoms with van der Waals surface area (Å²) in [5, 5.41) is 18.0. The molecule has 10 heteroatoms. The molecule has 102 valence electrons. The van der Waals surface area contributed by atoms with Crippen LogP contribution >= 0.6 is 0 Å². The van der Waals surface area contributed by atoms with Crippen molar-refractivity contribution < 1.29 is 4.92 Å². The Morgan fingerprint density at radius 2 is 2.05 bits per heavy atom. The van der Waals surface area contributed by atoms with Crippen molar-refractivity contribution in [2.75, 3.05) is 11.5 Å². The van der Waals surface area contributed by atoms with Crippen LogP contribution in [0.4, 0.5) is 28.8 Å². The number of hydrogen-bond acceptors (Lipinski definition) is 8. The molecular formula is C10H9N7O3. The first-order valence-corrected chi connectivity index (χ1v) is 5.29. The number of benzene rings is 1. The zero-order chi connectivity index (χ0) is 14.7. The highest BCUT2D eigenvalue weighted by atomic mass is 16.6. The van der Waals surface area contributed by atoms with E-state index in [0.29, 0.717) is 0 Å². The minimum atomic E-state index is -0.649. The van der Waals surface area contributed by atoms with E-state index < -0.39 is 10.5 Å². The van der Waals surface area contributed by atoms with Gasteiger partial charge in [-0.3, -0.25) is 19.9 Å². The number of aromatic amines is 1. The zero-order valence-corrected chi connectivity index (χ0v) is 9.98. The molecule has 10 nitrogen and oxygen atoms in total. The van der Waals surface area contributed by atoms with Crippen molar-refractivity contribution in [1.29, 1.82) is 0 Å². The molecule has 0 radical (unpaired) electrons. The molecule has 0 spiro atoms. The number of nitrogens with two attached hydrogens (primary N) is 2. The van der Waals surface area contributed by atoms with E-state index in [9.17, 15) is 14.9 Å². The molecule has 0 amide bonds. The average Bonchev–Trinajstić information content (AvgIpc) is 2.37. The van der Waals surface area contributed by atoms with Crippen LogP contribution < -0.4 is 17.0 Å². The summed E-state index contributed by atoms with van der Waals surface area (Å²) in [6.45, 7) is 0. The second kappa shape index (κ2) is 5.14. The lowest BCUT2D eigenvalue weighted by atomic mass is 10.3. The number of nitro groups is 1. The molecule has 1 aromatic heterocycles. The number of nitrogens with one attached hydrogen (secondary N) is 1. The zero-order valence-electron chi connectivity index (χ0n) is 9.98. The quantitative estimate of drug-likeness (QED) is 0.433. The molecule has 0 saturated carbocycles. The molecule has 2 aromatic rings. The second-order valence-corrected chi connectivity index (χ2v) is 3.66. The largest absolute Gasteiger partial charge is 0.382 e. The molecule has 1 heterocycles. The lowest BCUT2D eigenvalue weighted by Crippen LogP contribution is -2.12. The molecule has 0 fully saturated rings. The Morgan fingerprint density at radius 1 is 1.30 bits per heavy atom. The molecule has 5 N–H and O–H groups in total. The van der Waals surface area contributed by atoms with Gasteiger partial charge in [-0.1, -0.05) is 6.07 Å². The minimum absolute atomic E-state index is 0.137. The molecule has 0 unspecified atom stereocenters. The third kappa shape index (κ3) is 2.75. The summed E-state index contributed by atoms with van der Waals surface area (Å²) in [5.41, 5.74) is 9.98. The Labute approximate surface area is 111 Å². The first-order chi connectivity index (χ1) is 9.47. The van der Waals surface area contributed by atoms with Crippen LogP contribution in [0.5, 0.6) is 0 Å². The second-order valence-electron chi connectivity index (χ2n) is 3.66. The number of H-pyrrole nitrogens is 1. The maximum Gasteiger partial charge on any atom is 0.282 e. The van der Waals surface area contributed by atoms with E-state index in [1.807, 2.05) is 0 Å². The number of azo groups is 1. The van der Waals surface area contributed by atoms with Crippen molar-refractivity contribution in [3.05, 3.63) is 44.7 Å². The van der Waals surface area contributed by atoms with E-state index in [2.05, 4.69) is 20.2 Å². The van der Waals surface area contributed by atoms with Crippen LogP contribution in [0.3, 0.4) is 0 Å². The van der Waals surface area contributed by atoms with E-state index in [0.717, 1.165) is 0 Å². The normalized spacial score (nSPS) is 10.8. The van der Waals surface area contributed by atoms with E-state index in [-0.39, 0.29) is 28.8 Å². The third-order valence-electron chi connectivity index (χ3n) is 2.25. The molecule has 2 rings (SSSR count). The van der Waals surface area contributed by atoms with Gasteiger partial charge in [0, 0.05) is 12.1 Å². The molecule has 0 aliphatic carbocycles. The summed E-state index contributed by atoms with van der Waals surface area (Å²) < 4.78 is 0. The van der Waals surface area contributed by atoms with Crippen LogP contribution in [-0.2, 0) is 0 Å². The van der Waals surface area contributed by atoms with Crippen molar-refractivity contribution in [2.45, 2.75) is 0 Å². The van der Waals surface area contributed by atoms with Gasteiger partial charge < -0.3 is 11.5 Å². The highest BCUT2D eigenvalue weighted by Crippen LogP contribution is 2.22. The fraction of sp³-hybridized carbons (Fsp3) is 0. The summed E-state index contributed by atoms with van der Waals surface area (Å²) in [6.07, 6.45) is 0. The van der Waals surface area contributed by atoms with Crippen molar-refractivity contribution in [2.24, 2.45) is 10.2 Å². The van der Waals surface area contributed by atoms with Gasteiger partial charge in [-0.15, -0.1) is 10.2 Å². The van der Waals surface area contributed by atoms with E-state index in [1.54, 1.807) is 0 Å². The lowest BCUT2D eigenvalue weighted by molar-refractivity contribution is -0.384. The Bertz CT molecular complexity index is 753. The summed E-state index contributed by atoms with van der Waals surface area (Å²) >= 11 is 0. The van der Waals surface area contributed by atoms with Gasteiger partial charge in [0.2, 0.25) is 5.95 Å². The molecule has 0 bridgehead atoms. The van der Waals surface area contributed by atoms with Crippen LogP contribution in [0.15, 0.2) is 39.3 Å². The van der Waals surface area contributed by atoms with Crippen LogP contribution in [-0.4, -0.2) is 14.9 Å². The predicted octanol–water partition coefficient (Wildman–Crippen LogP) is 1.26. The number of nitrogens with zero attached hydrogens (tertiary/aromatic N) is 4. The lowest BCUT2D eigenvalue weighted by Gasteiger charge is -1.98. The van der Waals surface area contributed by atoms with Gasteiger partial charge in [-0.2, -0.15) is 4.98 Å². The predicted molar refractivity (Wildman–Crippen MR) is 71.0 cm³/mol. The van der Waals surface area contributed by atoms with Crippen molar-refractivity contribution in [3.8, 4) is 0 Å². The van der Waals surface area contributed by atoms with E-state index in [4.69, 9.17) is 11.5 Å². The summed E-state index contributed by atoms with van der Waals surface area (Å²) in [4.78, 5) is 27.4. The number of anilines is 2. The highest BCUT2D eigenvalue weighted by molar-refractivity contribution is 5.57. The Kier molecular flexibility index (Phi) is 3.37. The number of non-ortho nitro benzene ring substituents is 1. The number of nitro benzene ring substituents is 1. The summed E-state index contributed by atoms with van der Waals surface area (Å²) in [5.74, 6) is -0.317. The highest BCUT2D eigenvalue weighted by Gasteiger charge is 2.08. The molecule has 0 saturated heterocycles. The smallest absolute Gasteiger partial charge is 0.282 e. The van der Waals surface area contributed by atoms with Gasteiger partial charge in [0.05, 0.1) is 10.6 Å². The fourth-order valence-corrected chi connectivity index (χ4v) is 1.38. The number of hydrogen-bond donors (Lipinski definition) is 3. The van der Waals surface area contributed by atoms with Crippen molar-refractivity contribution in [1.82, 2.24) is 9.97 Å². The van der Waals surface area contributed by atoms with Gasteiger partial charge in [0.1, 0.15) is 0 Å². The first-order valence-electron chi connectivity index (χ1n) is 5.29. The van der Waals surface area contributed by atoms with Crippen molar-refractivity contribution >= 4 is 28.8 Å². The third-order valence-corrected chi connectivity index (χ3v) is 2.25. The Morgan fingerprint density at radius 3 is 2.70 bits per heavy atom. The van der Waals surface area contributed by atoms with Crippen LogP contribution in [0.2, 0.25) is 0 Å². The molecule has 1 aromatic carbocycles. The van der Waals surface area contributed by atoms with Crippen molar-refractivity contribution in [3.63, 3.8) is 0 Å². The molecule has 0 atom stereocenters. The molecular weight excluding hydrogens is 266 g/mol. The Hall–Kier alpha value is -3.30. The summed E-state index contributed by atoms with van der Waals surface area (Å²) in [7, 11) is 0. The van der Waals surface area contributed by atoms with Gasteiger partial charge in [-0.25, -0.2) is 0 Å². The average molecular weight is 275 g/mol. The van der Waals surface area contributed by atoms with E-state index >= 15 is 0 Å². The molecule has 0 aliphatic rings. The van der Waals surface area contributed by atoms with Gasteiger partial charge in [-0.05, 0) is 6.07 Å². The minimum Gasteiger partial charge on any atom is -0.382 e. The molecule has 0 aliphatic heterocycles. The number of nitrogen functional groups attached to an aromatic ring is 2. The standard InChI is InChI=1S/C10H9N7O3/c11-8-7(9(18)14-10(12)13-8)16-15-5-2-1-3-6(4-5)17(19)20/h1-4H,(H5,11,12,13,14,18). The molecule has 20 heavy (non-hydrogen) atoms. The van der Waals surface area contributed by atoms with Crippen LogP contribution in [0, 0.1) is 10.1 Å². The topological polar surface area (TPSA) is 166 Å². The van der Waals surface area contributed by atoms with Gasteiger partial charge >= 0.3 is 0 Å². The van der Waals surface area contributed by atoms with E-state index in [1.165, 1.54) is 24.3 Å². The maximum atomic E-state index is 11.5. The first kappa shape index (κ1) is 13.1. The number of aromatic nitrogens is 2. The fourth-order valence-electron chi connectivity index (χ4n) is 1.38. The van der Waals surface area contributed by atoms with Crippen LogP contribution in [0.25, 0.3) is 0 Å². The van der Waals surface area contributed by atoms with Crippen LogP contribution in [0.1, 0.15) is 0 Å². The van der Waals surface area contributed by atoms with Gasteiger partial charge in [0.15, 0.2) is 11.5 Å². The summed E-state index contributed by atoms with van der Waals surface area (Å²) in [6, 6.07) is 5.45. The number of rotatable bonds is 3. The SMILES string of the molecule is Nc1nc(N)c(N=Nc2cccc([N+](=O)[O-])c2)c(=O)[nH]1. The maximum absolute atomic E-state index is 11.5.